The minimum atomic E-state index is -0.258. The second kappa shape index (κ2) is 4.97. The summed E-state index contributed by atoms with van der Waals surface area (Å²) in [6.45, 7) is 1.76. The molecule has 0 radical (unpaired) electrons. The van der Waals surface area contributed by atoms with E-state index in [4.69, 9.17) is 0 Å². The highest BCUT2D eigenvalue weighted by atomic mass is 79.9. The van der Waals surface area contributed by atoms with Crippen molar-refractivity contribution in [2.24, 2.45) is 0 Å². The Bertz CT molecular complexity index is 547. The van der Waals surface area contributed by atoms with E-state index < -0.39 is 0 Å². The van der Waals surface area contributed by atoms with E-state index >= 15 is 0 Å². The molecular formula is C10H8Br2N4O. The van der Waals surface area contributed by atoms with Crippen LogP contribution < -0.4 is 5.32 Å². The number of carbonyl (C=O) groups is 1. The number of benzene rings is 1. The molecule has 5 nitrogen and oxygen atoms in total. The predicted octanol–water partition coefficient (Wildman–Crippen LogP) is 2.89. The van der Waals surface area contributed by atoms with Gasteiger partial charge in [0.1, 0.15) is 5.82 Å². The summed E-state index contributed by atoms with van der Waals surface area (Å²) in [7, 11) is 0. The highest BCUT2D eigenvalue weighted by Crippen LogP contribution is 2.20. The van der Waals surface area contributed by atoms with Gasteiger partial charge in [-0.2, -0.15) is 4.98 Å². The molecular weight excluding hydrogens is 352 g/mol. The number of amides is 1. The van der Waals surface area contributed by atoms with Crippen LogP contribution in [-0.2, 0) is 0 Å². The molecule has 2 rings (SSSR count). The molecule has 0 unspecified atom stereocenters. The van der Waals surface area contributed by atoms with Crippen molar-refractivity contribution >= 4 is 43.7 Å². The average Bonchev–Trinajstić information content (AvgIpc) is 2.62. The number of nitrogens with zero attached hydrogens (tertiary/aromatic N) is 2. The van der Waals surface area contributed by atoms with Crippen molar-refractivity contribution < 1.29 is 4.79 Å². The molecule has 0 aliphatic heterocycles. The molecule has 0 aliphatic carbocycles. The zero-order chi connectivity index (χ0) is 12.4. The molecule has 0 spiro atoms. The van der Waals surface area contributed by atoms with Crippen LogP contribution >= 0.6 is 31.9 Å². The third-order valence-corrected chi connectivity index (χ3v) is 2.86. The second-order valence-electron chi connectivity index (χ2n) is 3.36. The highest BCUT2D eigenvalue weighted by Gasteiger charge is 2.10. The van der Waals surface area contributed by atoms with E-state index in [9.17, 15) is 4.79 Å². The molecule has 0 bridgehead atoms. The summed E-state index contributed by atoms with van der Waals surface area (Å²) in [6.07, 6.45) is 0. The first-order valence-electron chi connectivity index (χ1n) is 4.71. The predicted molar refractivity (Wildman–Crippen MR) is 70.9 cm³/mol. The fraction of sp³-hybridized carbons (Fsp3) is 0.100. The van der Waals surface area contributed by atoms with Crippen LogP contribution in [0.15, 0.2) is 27.1 Å². The maximum Gasteiger partial charge on any atom is 0.258 e. The third-order valence-electron chi connectivity index (χ3n) is 1.95. The summed E-state index contributed by atoms with van der Waals surface area (Å²) in [4.78, 5) is 15.9. The molecule has 2 aromatic rings. The fourth-order valence-corrected chi connectivity index (χ4v) is 2.55. The summed E-state index contributed by atoms with van der Waals surface area (Å²) in [5.74, 6) is 0.658. The lowest BCUT2D eigenvalue weighted by Gasteiger charge is -2.02. The molecule has 0 saturated heterocycles. The van der Waals surface area contributed by atoms with Crippen molar-refractivity contribution in [2.75, 3.05) is 5.32 Å². The van der Waals surface area contributed by atoms with E-state index in [0.29, 0.717) is 11.4 Å². The van der Waals surface area contributed by atoms with Gasteiger partial charge in [-0.15, -0.1) is 5.10 Å². The first-order chi connectivity index (χ1) is 8.04. The Morgan fingerprint density at radius 1 is 1.29 bits per heavy atom. The van der Waals surface area contributed by atoms with Gasteiger partial charge >= 0.3 is 0 Å². The normalized spacial score (nSPS) is 10.3. The third kappa shape index (κ3) is 3.13. The molecule has 0 fully saturated rings. The van der Waals surface area contributed by atoms with E-state index in [1.165, 1.54) is 0 Å². The molecule has 1 aromatic carbocycles. The van der Waals surface area contributed by atoms with Gasteiger partial charge in [0.2, 0.25) is 5.95 Å². The van der Waals surface area contributed by atoms with Gasteiger partial charge in [0.25, 0.3) is 5.91 Å². The number of hydrogen-bond donors (Lipinski definition) is 2. The van der Waals surface area contributed by atoms with Crippen LogP contribution in [0, 0.1) is 6.92 Å². The summed E-state index contributed by atoms with van der Waals surface area (Å²) in [6, 6.07) is 5.30. The van der Waals surface area contributed by atoms with Crippen molar-refractivity contribution in [1.29, 1.82) is 0 Å². The number of aromatic amines is 1. The lowest BCUT2D eigenvalue weighted by Crippen LogP contribution is -2.13. The Hall–Kier alpha value is -1.21. The lowest BCUT2D eigenvalue weighted by atomic mass is 10.2. The monoisotopic (exact) mass is 358 g/mol. The van der Waals surface area contributed by atoms with Crippen LogP contribution in [-0.4, -0.2) is 21.1 Å². The Morgan fingerprint density at radius 2 is 1.94 bits per heavy atom. The summed E-state index contributed by atoms with van der Waals surface area (Å²) in [5.41, 5.74) is 0.522. The number of nitrogens with one attached hydrogen (secondary N) is 2. The smallest absolute Gasteiger partial charge is 0.258 e. The molecule has 0 saturated carbocycles. The summed E-state index contributed by atoms with van der Waals surface area (Å²) >= 11 is 6.65. The maximum absolute atomic E-state index is 11.9. The van der Waals surface area contributed by atoms with Gasteiger partial charge in [-0.1, -0.05) is 31.9 Å². The Morgan fingerprint density at radius 3 is 2.47 bits per heavy atom. The van der Waals surface area contributed by atoms with Crippen LogP contribution in [0.25, 0.3) is 0 Å². The van der Waals surface area contributed by atoms with Gasteiger partial charge in [0, 0.05) is 14.5 Å². The van der Waals surface area contributed by atoms with Gasteiger partial charge in [-0.25, -0.2) is 0 Å². The second-order valence-corrected chi connectivity index (χ2v) is 5.19. The Kier molecular flexibility index (Phi) is 3.58. The standard InChI is InChI=1S/C10H8Br2N4O/c1-5-13-10(16-15-5)14-9(17)6-2-7(11)4-8(12)3-6/h2-4H,1H3,(H2,13,14,15,16,17). The lowest BCUT2D eigenvalue weighted by molar-refractivity contribution is 0.102. The van der Waals surface area contributed by atoms with Gasteiger partial charge in [-0.05, 0) is 25.1 Å². The number of anilines is 1. The van der Waals surface area contributed by atoms with Crippen LogP contribution in [0.2, 0.25) is 0 Å². The van der Waals surface area contributed by atoms with E-state index in [1.54, 1.807) is 19.1 Å². The molecule has 7 heteroatoms. The van der Waals surface area contributed by atoms with Crippen molar-refractivity contribution in [3.05, 3.63) is 38.5 Å². The number of H-pyrrole nitrogens is 1. The van der Waals surface area contributed by atoms with Crippen molar-refractivity contribution in [2.45, 2.75) is 6.92 Å². The van der Waals surface area contributed by atoms with E-state index in [-0.39, 0.29) is 11.9 Å². The molecule has 1 heterocycles. The van der Waals surface area contributed by atoms with Crippen molar-refractivity contribution in [3.8, 4) is 0 Å². The van der Waals surface area contributed by atoms with E-state index in [1.807, 2.05) is 6.07 Å². The number of aryl methyl sites for hydroxylation is 1. The molecule has 17 heavy (non-hydrogen) atoms. The van der Waals surface area contributed by atoms with Crippen LogP contribution in [0.4, 0.5) is 5.95 Å². The Balaban J connectivity index is 2.19. The van der Waals surface area contributed by atoms with Crippen molar-refractivity contribution in [3.63, 3.8) is 0 Å². The highest BCUT2D eigenvalue weighted by molar-refractivity contribution is 9.11. The number of carbonyl (C=O) groups excluding carboxylic acids is 1. The summed E-state index contributed by atoms with van der Waals surface area (Å²) in [5, 5.41) is 9.09. The molecule has 0 atom stereocenters. The van der Waals surface area contributed by atoms with Gasteiger partial charge in [0.05, 0.1) is 0 Å². The zero-order valence-electron chi connectivity index (χ0n) is 8.79. The zero-order valence-corrected chi connectivity index (χ0v) is 12.0. The SMILES string of the molecule is Cc1nc(NC(=O)c2cc(Br)cc(Br)c2)n[nH]1. The summed E-state index contributed by atoms with van der Waals surface area (Å²) < 4.78 is 1.64. The van der Waals surface area contributed by atoms with Gasteiger partial charge in [-0.3, -0.25) is 15.2 Å². The molecule has 0 aliphatic rings. The largest absolute Gasteiger partial charge is 0.289 e. The minimum Gasteiger partial charge on any atom is -0.289 e. The molecule has 1 aromatic heterocycles. The molecule has 88 valence electrons. The molecule has 2 N–H and O–H groups in total. The fourth-order valence-electron chi connectivity index (χ4n) is 1.26. The quantitative estimate of drug-likeness (QED) is 0.866. The molecule has 1 amide bonds. The Labute approximate surface area is 114 Å². The first kappa shape index (κ1) is 12.3. The maximum atomic E-state index is 11.9. The minimum absolute atomic E-state index is 0.258. The van der Waals surface area contributed by atoms with Gasteiger partial charge < -0.3 is 0 Å². The van der Waals surface area contributed by atoms with Crippen molar-refractivity contribution in [1.82, 2.24) is 15.2 Å². The van der Waals surface area contributed by atoms with Crippen LogP contribution in [0.5, 0.6) is 0 Å². The number of hydrogen-bond acceptors (Lipinski definition) is 3. The van der Waals surface area contributed by atoms with E-state index in [0.717, 1.165) is 8.95 Å². The van der Waals surface area contributed by atoms with E-state index in [2.05, 4.69) is 52.4 Å². The van der Waals surface area contributed by atoms with Crippen LogP contribution in [0.1, 0.15) is 16.2 Å². The first-order valence-corrected chi connectivity index (χ1v) is 6.29. The van der Waals surface area contributed by atoms with Crippen LogP contribution in [0.3, 0.4) is 0 Å². The number of aromatic nitrogens is 3. The van der Waals surface area contributed by atoms with Gasteiger partial charge in [0.15, 0.2) is 0 Å². The number of rotatable bonds is 2. The number of halogens is 2. The topological polar surface area (TPSA) is 70.7 Å². The average molecular weight is 360 g/mol.